The third-order valence-electron chi connectivity index (χ3n) is 2.27. The molecule has 1 aliphatic heterocycles. The molecule has 16 heavy (non-hydrogen) atoms. The van der Waals surface area contributed by atoms with Gasteiger partial charge in [-0.15, -0.1) is 0 Å². The van der Waals surface area contributed by atoms with E-state index in [4.69, 9.17) is 0 Å². The number of carbonyl (C=O) groups is 1. The average molecular weight is 229 g/mol. The number of halogens is 2. The van der Waals surface area contributed by atoms with E-state index >= 15 is 0 Å². The third kappa shape index (κ3) is 2.07. The Bertz CT molecular complexity index is 464. The number of rotatable bonds is 2. The summed E-state index contributed by atoms with van der Waals surface area (Å²) in [6.07, 6.45) is 1.36. The van der Waals surface area contributed by atoms with Gasteiger partial charge in [-0.1, -0.05) is 0 Å². The van der Waals surface area contributed by atoms with Crippen LogP contribution in [0.3, 0.4) is 0 Å². The average Bonchev–Trinajstić information content (AvgIpc) is 2.17. The highest BCUT2D eigenvalue weighted by atomic mass is 19.3. The molecule has 0 aromatic carbocycles. The molecule has 7 heteroatoms. The monoisotopic (exact) mass is 229 g/mol. The molecule has 1 aromatic heterocycles. The van der Waals surface area contributed by atoms with Crippen molar-refractivity contribution < 1.29 is 13.6 Å². The van der Waals surface area contributed by atoms with Crippen LogP contribution in [0.2, 0.25) is 0 Å². The van der Waals surface area contributed by atoms with E-state index in [-0.39, 0.29) is 6.54 Å². The highest BCUT2D eigenvalue weighted by molar-refractivity contribution is 5.77. The van der Waals surface area contributed by atoms with Crippen LogP contribution < -0.4 is 5.56 Å². The Hall–Kier alpha value is -1.79. The van der Waals surface area contributed by atoms with E-state index in [9.17, 15) is 18.4 Å². The van der Waals surface area contributed by atoms with Crippen LogP contribution >= 0.6 is 0 Å². The minimum absolute atomic E-state index is 0.296. The van der Waals surface area contributed by atoms with Crippen LogP contribution in [0, 0.1) is 0 Å². The fraction of sp³-hybridized carbons (Fsp3) is 0.444. The minimum atomic E-state index is -2.79. The number of carbonyl (C=O) groups excluding carboxylic acids is 1. The lowest BCUT2D eigenvalue weighted by Crippen LogP contribution is -2.59. The normalized spacial score (nSPS) is 18.0. The lowest BCUT2D eigenvalue weighted by atomic mass is 10.1. The molecule has 1 aromatic rings. The molecule has 1 saturated heterocycles. The van der Waals surface area contributed by atoms with Crippen molar-refractivity contribution in [1.29, 1.82) is 0 Å². The van der Waals surface area contributed by atoms with E-state index in [1.54, 1.807) is 0 Å². The SMILES string of the molecule is O=C(Cn1ncccc1=O)N1CC(F)(F)C1. The number of nitrogens with zero attached hydrogens (tertiary/aromatic N) is 3. The van der Waals surface area contributed by atoms with Crippen LogP contribution in [0.5, 0.6) is 0 Å². The molecule has 0 N–H and O–H groups in total. The van der Waals surface area contributed by atoms with Gasteiger partial charge in [-0.3, -0.25) is 9.59 Å². The Kier molecular flexibility index (Phi) is 2.45. The maximum absolute atomic E-state index is 12.5. The van der Waals surface area contributed by atoms with E-state index in [0.717, 1.165) is 9.58 Å². The Balaban J connectivity index is 1.99. The van der Waals surface area contributed by atoms with Crippen molar-refractivity contribution in [2.75, 3.05) is 13.1 Å². The second kappa shape index (κ2) is 3.66. The van der Waals surface area contributed by atoms with Gasteiger partial charge in [0.1, 0.15) is 6.54 Å². The molecule has 2 rings (SSSR count). The lowest BCUT2D eigenvalue weighted by Gasteiger charge is -2.38. The van der Waals surface area contributed by atoms with Gasteiger partial charge in [0.25, 0.3) is 11.5 Å². The van der Waals surface area contributed by atoms with Gasteiger partial charge >= 0.3 is 0 Å². The van der Waals surface area contributed by atoms with Crippen LogP contribution in [-0.2, 0) is 11.3 Å². The van der Waals surface area contributed by atoms with Crippen molar-refractivity contribution >= 4 is 5.91 Å². The first kappa shape index (κ1) is 10.7. The molecule has 0 aliphatic carbocycles. The fourth-order valence-corrected chi connectivity index (χ4v) is 1.42. The molecule has 1 amide bonds. The van der Waals surface area contributed by atoms with E-state index in [2.05, 4.69) is 5.10 Å². The standard InChI is InChI=1S/C9H9F2N3O2/c10-9(11)5-13(6-9)8(16)4-14-7(15)2-1-3-12-14/h1-3H,4-6H2. The minimum Gasteiger partial charge on any atom is -0.329 e. The van der Waals surface area contributed by atoms with E-state index < -0.39 is 30.5 Å². The highest BCUT2D eigenvalue weighted by Crippen LogP contribution is 2.26. The summed E-state index contributed by atoms with van der Waals surface area (Å²) in [6.45, 7) is -1.45. The van der Waals surface area contributed by atoms with E-state index in [1.165, 1.54) is 18.3 Å². The van der Waals surface area contributed by atoms with E-state index in [0.29, 0.717) is 0 Å². The third-order valence-corrected chi connectivity index (χ3v) is 2.27. The Labute approximate surface area is 89.3 Å². The zero-order valence-electron chi connectivity index (χ0n) is 8.27. The van der Waals surface area contributed by atoms with Gasteiger partial charge in [0.15, 0.2) is 0 Å². The summed E-state index contributed by atoms with van der Waals surface area (Å²) in [5.41, 5.74) is -0.428. The van der Waals surface area contributed by atoms with Gasteiger partial charge in [0, 0.05) is 12.3 Å². The summed E-state index contributed by atoms with van der Waals surface area (Å²) in [5.74, 6) is -3.31. The summed E-state index contributed by atoms with van der Waals surface area (Å²) < 4.78 is 25.9. The molecule has 0 unspecified atom stereocenters. The number of aromatic nitrogens is 2. The summed E-state index contributed by atoms with van der Waals surface area (Å²) in [4.78, 5) is 23.6. The maximum atomic E-state index is 12.5. The Morgan fingerprint density at radius 3 is 2.75 bits per heavy atom. The predicted molar refractivity (Wildman–Crippen MR) is 50.0 cm³/mol. The number of hydrogen-bond donors (Lipinski definition) is 0. The second-order valence-corrected chi connectivity index (χ2v) is 3.63. The van der Waals surface area contributed by atoms with Gasteiger partial charge in [0.2, 0.25) is 5.91 Å². The molecule has 2 heterocycles. The molecule has 1 fully saturated rings. The molecule has 0 radical (unpaired) electrons. The first-order chi connectivity index (χ1) is 7.48. The van der Waals surface area contributed by atoms with Gasteiger partial charge in [0.05, 0.1) is 13.1 Å². The zero-order chi connectivity index (χ0) is 11.8. The number of likely N-dealkylation sites (tertiary alicyclic amines) is 1. The van der Waals surface area contributed by atoms with Crippen LogP contribution in [-0.4, -0.2) is 39.6 Å². The molecule has 0 saturated carbocycles. The maximum Gasteiger partial charge on any atom is 0.282 e. The van der Waals surface area contributed by atoms with Crippen molar-refractivity contribution in [1.82, 2.24) is 14.7 Å². The molecule has 0 bridgehead atoms. The summed E-state index contributed by atoms with van der Waals surface area (Å²) in [5, 5.41) is 3.66. The van der Waals surface area contributed by atoms with Gasteiger partial charge in [-0.25, -0.2) is 13.5 Å². The molecular formula is C9H9F2N3O2. The molecule has 86 valence electrons. The largest absolute Gasteiger partial charge is 0.329 e. The zero-order valence-corrected chi connectivity index (χ0v) is 8.27. The van der Waals surface area contributed by atoms with Crippen molar-refractivity contribution in [2.45, 2.75) is 12.5 Å². The quantitative estimate of drug-likeness (QED) is 0.701. The molecular weight excluding hydrogens is 220 g/mol. The molecule has 0 spiro atoms. The number of amides is 1. The Morgan fingerprint density at radius 1 is 1.50 bits per heavy atom. The lowest BCUT2D eigenvalue weighted by molar-refractivity contribution is -0.166. The van der Waals surface area contributed by atoms with Gasteiger partial charge in [-0.05, 0) is 6.07 Å². The predicted octanol–water partition coefficient (Wildman–Crippen LogP) is -0.279. The number of hydrogen-bond acceptors (Lipinski definition) is 3. The molecule has 5 nitrogen and oxygen atoms in total. The summed E-state index contributed by atoms with van der Waals surface area (Å²) >= 11 is 0. The summed E-state index contributed by atoms with van der Waals surface area (Å²) in [6, 6.07) is 2.70. The first-order valence-corrected chi connectivity index (χ1v) is 4.66. The summed E-state index contributed by atoms with van der Waals surface area (Å²) in [7, 11) is 0. The first-order valence-electron chi connectivity index (χ1n) is 4.66. The van der Waals surface area contributed by atoms with Crippen molar-refractivity contribution in [3.8, 4) is 0 Å². The fourth-order valence-electron chi connectivity index (χ4n) is 1.42. The van der Waals surface area contributed by atoms with Crippen LogP contribution in [0.25, 0.3) is 0 Å². The topological polar surface area (TPSA) is 55.2 Å². The molecule has 1 aliphatic rings. The smallest absolute Gasteiger partial charge is 0.282 e. The number of alkyl halides is 2. The highest BCUT2D eigenvalue weighted by Gasteiger charge is 2.46. The van der Waals surface area contributed by atoms with Gasteiger partial charge in [-0.2, -0.15) is 5.10 Å². The van der Waals surface area contributed by atoms with Crippen molar-refractivity contribution in [3.63, 3.8) is 0 Å². The second-order valence-electron chi connectivity index (χ2n) is 3.63. The van der Waals surface area contributed by atoms with Crippen molar-refractivity contribution in [2.24, 2.45) is 0 Å². The van der Waals surface area contributed by atoms with Crippen LogP contribution in [0.1, 0.15) is 0 Å². The van der Waals surface area contributed by atoms with Gasteiger partial charge < -0.3 is 4.90 Å². The van der Waals surface area contributed by atoms with Crippen LogP contribution in [0.15, 0.2) is 23.1 Å². The van der Waals surface area contributed by atoms with Crippen LogP contribution in [0.4, 0.5) is 8.78 Å². The van der Waals surface area contributed by atoms with E-state index in [1.807, 2.05) is 0 Å². The molecule has 0 atom stereocenters. The Morgan fingerprint density at radius 2 is 2.19 bits per heavy atom. The van der Waals surface area contributed by atoms with Crippen molar-refractivity contribution in [3.05, 3.63) is 28.7 Å².